The van der Waals surface area contributed by atoms with Crippen LogP contribution in [0.3, 0.4) is 0 Å². The molecule has 1 unspecified atom stereocenters. The third kappa shape index (κ3) is 6.53. The van der Waals surface area contributed by atoms with E-state index >= 15 is 0 Å². The van der Waals surface area contributed by atoms with Crippen molar-refractivity contribution < 1.29 is 14.3 Å². The smallest absolute Gasteiger partial charge is 0.330 e. The average molecular weight is 276 g/mol. The maximum atomic E-state index is 11.3. The van der Waals surface area contributed by atoms with E-state index in [1.165, 1.54) is 5.56 Å². The second-order valence-corrected chi connectivity index (χ2v) is 4.87. The summed E-state index contributed by atoms with van der Waals surface area (Å²) >= 11 is 0. The Morgan fingerprint density at radius 3 is 2.65 bits per heavy atom. The highest BCUT2D eigenvalue weighted by Crippen LogP contribution is 2.14. The SMILES string of the molecule is CCOC(=O)/C=C(/C)C(C)CCOCc1ccccc1. The lowest BCUT2D eigenvalue weighted by molar-refractivity contribution is -0.137. The molecular formula is C17H24O3. The quantitative estimate of drug-likeness (QED) is 0.412. The fraction of sp³-hybridized carbons (Fsp3) is 0.471. The van der Waals surface area contributed by atoms with Gasteiger partial charge >= 0.3 is 5.97 Å². The Kier molecular flexibility index (Phi) is 7.66. The third-order valence-corrected chi connectivity index (χ3v) is 3.22. The Bertz CT molecular complexity index is 423. The third-order valence-electron chi connectivity index (χ3n) is 3.22. The van der Waals surface area contributed by atoms with E-state index in [-0.39, 0.29) is 5.97 Å². The highest BCUT2D eigenvalue weighted by molar-refractivity contribution is 5.82. The first kappa shape index (κ1) is 16.4. The molecule has 0 amide bonds. The molecule has 1 aromatic rings. The molecule has 0 aromatic heterocycles. The molecule has 20 heavy (non-hydrogen) atoms. The fourth-order valence-corrected chi connectivity index (χ4v) is 1.76. The molecule has 0 saturated heterocycles. The molecule has 3 heteroatoms. The second kappa shape index (κ2) is 9.32. The number of carbonyl (C=O) groups is 1. The highest BCUT2D eigenvalue weighted by atomic mass is 16.5. The van der Waals surface area contributed by atoms with Gasteiger partial charge in [0.05, 0.1) is 13.2 Å². The Morgan fingerprint density at radius 1 is 1.30 bits per heavy atom. The first-order chi connectivity index (χ1) is 9.63. The molecule has 0 aliphatic rings. The molecule has 0 N–H and O–H groups in total. The zero-order valence-electron chi connectivity index (χ0n) is 12.6. The van der Waals surface area contributed by atoms with Gasteiger partial charge in [0.15, 0.2) is 0 Å². The summed E-state index contributed by atoms with van der Waals surface area (Å²) in [5.41, 5.74) is 2.21. The number of hydrogen-bond donors (Lipinski definition) is 0. The standard InChI is InChI=1S/C17H24O3/c1-4-20-17(18)12-15(3)14(2)10-11-19-13-16-8-6-5-7-9-16/h5-9,12,14H,4,10-11,13H2,1-3H3/b15-12-. The molecule has 1 rings (SSSR count). The summed E-state index contributed by atoms with van der Waals surface area (Å²) in [6, 6.07) is 10.1. The molecule has 1 atom stereocenters. The fourth-order valence-electron chi connectivity index (χ4n) is 1.76. The van der Waals surface area contributed by atoms with Crippen LogP contribution in [0.1, 0.15) is 32.8 Å². The minimum atomic E-state index is -0.262. The van der Waals surface area contributed by atoms with E-state index in [1.54, 1.807) is 6.08 Å². The molecule has 0 bridgehead atoms. The Morgan fingerprint density at radius 2 is 2.00 bits per heavy atom. The van der Waals surface area contributed by atoms with Crippen molar-refractivity contribution in [3.05, 3.63) is 47.5 Å². The van der Waals surface area contributed by atoms with Gasteiger partial charge in [0.1, 0.15) is 0 Å². The first-order valence-electron chi connectivity index (χ1n) is 7.10. The number of ether oxygens (including phenoxy) is 2. The number of rotatable bonds is 8. The normalized spacial score (nSPS) is 13.1. The van der Waals surface area contributed by atoms with Crippen LogP contribution in [0, 0.1) is 5.92 Å². The van der Waals surface area contributed by atoms with E-state index < -0.39 is 0 Å². The molecule has 110 valence electrons. The van der Waals surface area contributed by atoms with Crippen LogP contribution in [0.15, 0.2) is 42.0 Å². The largest absolute Gasteiger partial charge is 0.463 e. The van der Waals surface area contributed by atoms with Crippen molar-refractivity contribution in [1.29, 1.82) is 0 Å². The van der Waals surface area contributed by atoms with E-state index in [9.17, 15) is 4.79 Å². The van der Waals surface area contributed by atoms with Crippen molar-refractivity contribution in [3.8, 4) is 0 Å². The van der Waals surface area contributed by atoms with Crippen LogP contribution < -0.4 is 0 Å². The van der Waals surface area contributed by atoms with Gasteiger partial charge in [0, 0.05) is 12.7 Å². The Balaban J connectivity index is 2.25. The van der Waals surface area contributed by atoms with E-state index in [4.69, 9.17) is 9.47 Å². The maximum absolute atomic E-state index is 11.3. The summed E-state index contributed by atoms with van der Waals surface area (Å²) in [5.74, 6) is 0.0530. The maximum Gasteiger partial charge on any atom is 0.330 e. The van der Waals surface area contributed by atoms with Crippen LogP contribution in [0.5, 0.6) is 0 Å². The number of benzene rings is 1. The Hall–Kier alpha value is -1.61. The number of esters is 1. The van der Waals surface area contributed by atoms with Crippen molar-refractivity contribution >= 4 is 5.97 Å². The van der Waals surface area contributed by atoms with E-state index in [2.05, 4.69) is 19.1 Å². The highest BCUT2D eigenvalue weighted by Gasteiger charge is 2.07. The summed E-state index contributed by atoms with van der Waals surface area (Å²) < 4.78 is 10.5. The van der Waals surface area contributed by atoms with Gasteiger partial charge in [-0.15, -0.1) is 0 Å². The van der Waals surface area contributed by atoms with Gasteiger partial charge in [0.2, 0.25) is 0 Å². The zero-order chi connectivity index (χ0) is 14.8. The van der Waals surface area contributed by atoms with Gasteiger partial charge in [-0.05, 0) is 31.7 Å². The molecule has 3 nitrogen and oxygen atoms in total. The molecule has 0 radical (unpaired) electrons. The van der Waals surface area contributed by atoms with Crippen molar-refractivity contribution in [3.63, 3.8) is 0 Å². The number of hydrogen-bond acceptors (Lipinski definition) is 3. The molecule has 0 fully saturated rings. The van der Waals surface area contributed by atoms with Crippen LogP contribution in [0.25, 0.3) is 0 Å². The lowest BCUT2D eigenvalue weighted by Crippen LogP contribution is -2.07. The van der Waals surface area contributed by atoms with Gasteiger partial charge in [-0.25, -0.2) is 4.79 Å². The molecule has 0 heterocycles. The average Bonchev–Trinajstić information content (AvgIpc) is 2.44. The summed E-state index contributed by atoms with van der Waals surface area (Å²) in [7, 11) is 0. The predicted molar refractivity (Wildman–Crippen MR) is 80.3 cm³/mol. The molecule has 0 saturated carbocycles. The van der Waals surface area contributed by atoms with Crippen molar-refractivity contribution in [2.24, 2.45) is 5.92 Å². The monoisotopic (exact) mass is 276 g/mol. The predicted octanol–water partition coefficient (Wildman–Crippen LogP) is 3.74. The minimum Gasteiger partial charge on any atom is -0.463 e. The van der Waals surface area contributed by atoms with Crippen LogP contribution in [0.4, 0.5) is 0 Å². The van der Waals surface area contributed by atoms with Crippen LogP contribution in [-0.4, -0.2) is 19.2 Å². The van der Waals surface area contributed by atoms with Gasteiger partial charge < -0.3 is 9.47 Å². The summed E-state index contributed by atoms with van der Waals surface area (Å²) in [5, 5.41) is 0. The summed E-state index contributed by atoms with van der Waals surface area (Å²) in [6.07, 6.45) is 2.47. The zero-order valence-corrected chi connectivity index (χ0v) is 12.6. The van der Waals surface area contributed by atoms with Crippen LogP contribution in [-0.2, 0) is 20.9 Å². The molecule has 0 spiro atoms. The van der Waals surface area contributed by atoms with E-state index in [1.807, 2.05) is 32.0 Å². The van der Waals surface area contributed by atoms with Crippen molar-refractivity contribution in [2.75, 3.05) is 13.2 Å². The molecule has 0 aliphatic heterocycles. The van der Waals surface area contributed by atoms with Crippen LogP contribution in [0.2, 0.25) is 0 Å². The van der Waals surface area contributed by atoms with Gasteiger partial charge in [-0.1, -0.05) is 42.8 Å². The van der Waals surface area contributed by atoms with Gasteiger partial charge in [0.25, 0.3) is 0 Å². The van der Waals surface area contributed by atoms with Gasteiger partial charge in [-0.2, -0.15) is 0 Å². The number of allylic oxidation sites excluding steroid dienone is 1. The minimum absolute atomic E-state index is 0.262. The van der Waals surface area contributed by atoms with Crippen molar-refractivity contribution in [1.82, 2.24) is 0 Å². The molecular weight excluding hydrogens is 252 g/mol. The molecule has 0 aliphatic carbocycles. The topological polar surface area (TPSA) is 35.5 Å². The second-order valence-electron chi connectivity index (χ2n) is 4.87. The van der Waals surface area contributed by atoms with Crippen LogP contribution >= 0.6 is 0 Å². The number of carbonyl (C=O) groups excluding carboxylic acids is 1. The summed E-state index contributed by atoms with van der Waals surface area (Å²) in [6.45, 7) is 7.59. The van der Waals surface area contributed by atoms with E-state index in [0.29, 0.717) is 25.7 Å². The van der Waals surface area contributed by atoms with Crippen molar-refractivity contribution in [2.45, 2.75) is 33.8 Å². The Labute approximate surface area is 121 Å². The lowest BCUT2D eigenvalue weighted by Gasteiger charge is -2.12. The van der Waals surface area contributed by atoms with E-state index in [0.717, 1.165) is 12.0 Å². The first-order valence-corrected chi connectivity index (χ1v) is 7.10. The van der Waals surface area contributed by atoms with Gasteiger partial charge in [-0.3, -0.25) is 0 Å². The lowest BCUT2D eigenvalue weighted by atomic mass is 9.99. The molecule has 1 aromatic carbocycles. The summed E-state index contributed by atoms with van der Waals surface area (Å²) in [4.78, 5) is 11.3.